The van der Waals surface area contributed by atoms with E-state index >= 15 is 0 Å². The summed E-state index contributed by atoms with van der Waals surface area (Å²) in [6.45, 7) is 1.43. The highest BCUT2D eigenvalue weighted by Gasteiger charge is 2.25. The Morgan fingerprint density at radius 1 is 1.15 bits per heavy atom. The zero-order valence-electron chi connectivity index (χ0n) is 15.6. The average Bonchev–Trinajstić information content (AvgIpc) is 2.89. The number of aryl methyl sites for hydroxylation is 2. The van der Waals surface area contributed by atoms with Crippen LogP contribution in [0.15, 0.2) is 54.9 Å². The maximum atomic E-state index is 12.8. The molecule has 0 unspecified atom stereocenters. The highest BCUT2D eigenvalue weighted by Crippen LogP contribution is 2.29. The average molecular weight is 360 g/mol. The van der Waals surface area contributed by atoms with Gasteiger partial charge in [-0.3, -0.25) is 14.5 Å². The van der Waals surface area contributed by atoms with Crippen molar-refractivity contribution in [3.05, 3.63) is 71.7 Å². The van der Waals surface area contributed by atoms with Crippen LogP contribution >= 0.6 is 0 Å². The third kappa shape index (κ3) is 3.77. The number of aromatic nitrogens is 3. The second-order valence-electron chi connectivity index (χ2n) is 7.04. The van der Waals surface area contributed by atoms with Crippen LogP contribution in [0, 0.1) is 0 Å². The van der Waals surface area contributed by atoms with Crippen molar-refractivity contribution in [3.63, 3.8) is 0 Å². The van der Waals surface area contributed by atoms with Crippen LogP contribution in [0.3, 0.4) is 0 Å². The molecule has 0 N–H and O–H groups in total. The molecule has 0 atom stereocenters. The maximum absolute atomic E-state index is 12.8. The molecule has 4 rings (SSSR count). The molecule has 5 heteroatoms. The Morgan fingerprint density at radius 3 is 2.78 bits per heavy atom. The smallest absolute Gasteiger partial charge is 0.223 e. The van der Waals surface area contributed by atoms with Gasteiger partial charge in [0.05, 0.1) is 17.9 Å². The highest BCUT2D eigenvalue weighted by molar-refractivity contribution is 5.76. The second kappa shape index (κ2) is 7.74. The summed E-state index contributed by atoms with van der Waals surface area (Å²) in [6.07, 6.45) is 6.87. The lowest BCUT2D eigenvalue weighted by molar-refractivity contribution is -0.131. The third-order valence-electron chi connectivity index (χ3n) is 5.23. The van der Waals surface area contributed by atoms with Crippen LogP contribution in [0.4, 0.5) is 0 Å². The zero-order valence-corrected chi connectivity index (χ0v) is 15.6. The summed E-state index contributed by atoms with van der Waals surface area (Å²) in [5.41, 5.74) is 5.64. The van der Waals surface area contributed by atoms with E-state index in [0.717, 1.165) is 42.8 Å². The van der Waals surface area contributed by atoms with Gasteiger partial charge in [-0.15, -0.1) is 0 Å². The van der Waals surface area contributed by atoms with Crippen molar-refractivity contribution in [2.45, 2.75) is 32.2 Å². The van der Waals surface area contributed by atoms with E-state index in [1.165, 1.54) is 11.1 Å². The van der Waals surface area contributed by atoms with Crippen molar-refractivity contribution in [3.8, 4) is 11.3 Å². The summed E-state index contributed by atoms with van der Waals surface area (Å²) in [6, 6.07) is 14.2. The van der Waals surface area contributed by atoms with E-state index in [1.54, 1.807) is 6.20 Å². The molecule has 0 spiro atoms. The topological polar surface area (TPSA) is 51.0 Å². The predicted octanol–water partition coefficient (Wildman–Crippen LogP) is 3.39. The lowest BCUT2D eigenvalue weighted by Gasteiger charge is -2.21. The van der Waals surface area contributed by atoms with Gasteiger partial charge in [0.1, 0.15) is 0 Å². The van der Waals surface area contributed by atoms with Gasteiger partial charge in [-0.2, -0.15) is 5.10 Å². The molecule has 2 aromatic heterocycles. The molecule has 1 amide bonds. The van der Waals surface area contributed by atoms with Crippen LogP contribution < -0.4 is 0 Å². The van der Waals surface area contributed by atoms with Gasteiger partial charge in [-0.25, -0.2) is 0 Å². The minimum Gasteiger partial charge on any atom is -0.337 e. The molecule has 0 saturated heterocycles. The van der Waals surface area contributed by atoms with Gasteiger partial charge in [0.2, 0.25) is 5.91 Å². The molecule has 3 aromatic rings. The lowest BCUT2D eigenvalue weighted by atomic mass is 10.0. The molecular weight excluding hydrogens is 336 g/mol. The van der Waals surface area contributed by atoms with Crippen LogP contribution in [0.1, 0.15) is 29.7 Å². The maximum Gasteiger partial charge on any atom is 0.223 e. The molecule has 27 heavy (non-hydrogen) atoms. The number of benzene rings is 1. The quantitative estimate of drug-likeness (QED) is 0.717. The van der Waals surface area contributed by atoms with Crippen LogP contribution in [-0.2, 0) is 31.2 Å². The number of nitrogens with zero attached hydrogens (tertiary/aromatic N) is 4. The van der Waals surface area contributed by atoms with E-state index < -0.39 is 0 Å². The van der Waals surface area contributed by atoms with E-state index in [4.69, 9.17) is 5.10 Å². The van der Waals surface area contributed by atoms with Crippen LogP contribution in [0.25, 0.3) is 11.3 Å². The van der Waals surface area contributed by atoms with Crippen LogP contribution in [0.2, 0.25) is 0 Å². The number of pyridine rings is 1. The number of amides is 1. The normalized spacial score (nSPS) is 13.9. The molecule has 0 saturated carbocycles. The predicted molar refractivity (Wildman–Crippen MR) is 105 cm³/mol. The molecule has 0 fully saturated rings. The molecular formula is C22H24N4O. The molecule has 1 aliphatic rings. The van der Waals surface area contributed by atoms with Crippen molar-refractivity contribution in [1.29, 1.82) is 0 Å². The van der Waals surface area contributed by atoms with E-state index in [2.05, 4.69) is 17.1 Å². The summed E-state index contributed by atoms with van der Waals surface area (Å²) in [4.78, 5) is 19.0. The first kappa shape index (κ1) is 17.5. The Kier molecular flexibility index (Phi) is 5.01. The van der Waals surface area contributed by atoms with Gasteiger partial charge in [-0.1, -0.05) is 30.3 Å². The van der Waals surface area contributed by atoms with Crippen LogP contribution in [-0.4, -0.2) is 32.1 Å². The Morgan fingerprint density at radius 2 is 2.00 bits per heavy atom. The lowest BCUT2D eigenvalue weighted by Crippen LogP contribution is -2.31. The third-order valence-corrected chi connectivity index (χ3v) is 5.23. The summed E-state index contributed by atoms with van der Waals surface area (Å²) < 4.78 is 1.93. The largest absolute Gasteiger partial charge is 0.337 e. The van der Waals surface area contributed by atoms with Gasteiger partial charge < -0.3 is 4.90 Å². The van der Waals surface area contributed by atoms with E-state index in [1.807, 2.05) is 53.2 Å². The SMILES string of the molecule is Cn1nc(-c2cccnc2)c2c1CN(C(=O)CCc1ccccc1)CCC2. The summed E-state index contributed by atoms with van der Waals surface area (Å²) >= 11 is 0. The Hall–Kier alpha value is -2.95. The van der Waals surface area contributed by atoms with Gasteiger partial charge in [0.25, 0.3) is 0 Å². The Labute approximate surface area is 159 Å². The fraction of sp³-hybridized carbons (Fsp3) is 0.318. The zero-order chi connectivity index (χ0) is 18.6. The number of hydrogen-bond acceptors (Lipinski definition) is 3. The molecule has 5 nitrogen and oxygen atoms in total. The number of rotatable bonds is 4. The van der Waals surface area contributed by atoms with E-state index in [-0.39, 0.29) is 5.91 Å². The summed E-state index contributed by atoms with van der Waals surface area (Å²) in [5, 5.41) is 4.73. The van der Waals surface area contributed by atoms with Gasteiger partial charge in [0.15, 0.2) is 0 Å². The summed E-state index contributed by atoms with van der Waals surface area (Å²) in [5.74, 6) is 0.218. The minimum atomic E-state index is 0.218. The number of carbonyl (C=O) groups is 1. The first-order chi connectivity index (χ1) is 13.2. The summed E-state index contributed by atoms with van der Waals surface area (Å²) in [7, 11) is 1.97. The van der Waals surface area contributed by atoms with Gasteiger partial charge in [0, 0.05) is 43.5 Å². The monoisotopic (exact) mass is 360 g/mol. The van der Waals surface area contributed by atoms with E-state index in [9.17, 15) is 4.79 Å². The molecule has 138 valence electrons. The fourth-order valence-electron chi connectivity index (χ4n) is 3.77. The highest BCUT2D eigenvalue weighted by atomic mass is 16.2. The first-order valence-corrected chi connectivity index (χ1v) is 9.49. The first-order valence-electron chi connectivity index (χ1n) is 9.49. The van der Waals surface area contributed by atoms with Crippen molar-refractivity contribution >= 4 is 5.91 Å². The number of hydrogen-bond donors (Lipinski definition) is 0. The molecule has 0 aliphatic carbocycles. The van der Waals surface area contributed by atoms with Crippen molar-refractivity contribution in [2.24, 2.45) is 7.05 Å². The standard InChI is InChI=1S/C22H24N4O/c1-25-20-16-26(21(27)12-11-17-7-3-2-4-8-17)14-6-10-19(20)22(24-25)18-9-5-13-23-15-18/h2-5,7-9,13,15H,6,10-12,14,16H2,1H3. The van der Waals surface area contributed by atoms with Crippen molar-refractivity contribution < 1.29 is 4.79 Å². The van der Waals surface area contributed by atoms with E-state index in [0.29, 0.717) is 13.0 Å². The molecule has 1 aliphatic heterocycles. The molecule has 3 heterocycles. The minimum absolute atomic E-state index is 0.218. The number of fused-ring (bicyclic) bond motifs is 1. The van der Waals surface area contributed by atoms with Gasteiger partial charge in [-0.05, 0) is 37.0 Å². The number of carbonyl (C=O) groups excluding carboxylic acids is 1. The second-order valence-corrected chi connectivity index (χ2v) is 7.04. The van der Waals surface area contributed by atoms with Crippen molar-refractivity contribution in [2.75, 3.05) is 6.54 Å². The van der Waals surface area contributed by atoms with Crippen LogP contribution in [0.5, 0.6) is 0 Å². The fourth-order valence-corrected chi connectivity index (χ4v) is 3.77. The van der Waals surface area contributed by atoms with Gasteiger partial charge >= 0.3 is 0 Å². The molecule has 0 bridgehead atoms. The van der Waals surface area contributed by atoms with Crippen molar-refractivity contribution in [1.82, 2.24) is 19.7 Å². The molecule has 1 aromatic carbocycles. The Balaban J connectivity index is 1.51. The Bertz CT molecular complexity index is 918. The molecule has 0 radical (unpaired) electrons.